The fourth-order valence-electron chi connectivity index (χ4n) is 5.94. The predicted molar refractivity (Wildman–Crippen MR) is 116 cm³/mol. The maximum Gasteiger partial charge on any atom is 0.229 e. The Labute approximate surface area is 181 Å². The van der Waals surface area contributed by atoms with Crippen LogP contribution in [0.4, 0.5) is 0 Å². The second-order valence-electron chi connectivity index (χ2n) is 11.6. The predicted octanol–water partition coefficient (Wildman–Crippen LogP) is 2.60. The zero-order chi connectivity index (χ0) is 23.1. The summed E-state index contributed by atoms with van der Waals surface area (Å²) in [6.45, 7) is 16.2. The number of hydrogen-bond donors (Lipinski definition) is 3. The van der Waals surface area contributed by atoms with E-state index in [2.05, 4.69) is 38.3 Å². The van der Waals surface area contributed by atoms with E-state index in [9.17, 15) is 14.8 Å². The normalized spacial score (nSPS) is 26.9. The van der Waals surface area contributed by atoms with E-state index in [-0.39, 0.29) is 41.4 Å². The molecule has 0 aromatic carbocycles. The first-order valence-corrected chi connectivity index (χ1v) is 10.9. The van der Waals surface area contributed by atoms with Crippen LogP contribution in [0.3, 0.4) is 0 Å². The van der Waals surface area contributed by atoms with Gasteiger partial charge in [0.25, 0.3) is 0 Å². The molecule has 2 amide bonds. The van der Waals surface area contributed by atoms with Crippen LogP contribution in [-0.4, -0.2) is 68.5 Å². The molecule has 2 heterocycles. The van der Waals surface area contributed by atoms with Gasteiger partial charge in [-0.1, -0.05) is 0 Å². The molecule has 0 aromatic rings. The average molecular weight is 427 g/mol. The number of nitrogens with zero attached hydrogens (tertiary/aromatic N) is 2. The summed E-state index contributed by atoms with van der Waals surface area (Å²) in [4.78, 5) is 30.7. The van der Waals surface area contributed by atoms with Crippen LogP contribution in [0, 0.1) is 0 Å². The number of piperidine rings is 2. The highest BCUT2D eigenvalue weighted by Gasteiger charge is 2.47. The van der Waals surface area contributed by atoms with E-state index in [4.69, 9.17) is 4.84 Å². The molecule has 0 saturated carbocycles. The molecular formula is C22H42N4O4. The zero-order valence-electron chi connectivity index (χ0n) is 20.3. The van der Waals surface area contributed by atoms with Gasteiger partial charge in [0.15, 0.2) is 0 Å². The maximum absolute atomic E-state index is 12.6. The van der Waals surface area contributed by atoms with Gasteiger partial charge >= 0.3 is 0 Å². The molecule has 2 aliphatic rings. The molecule has 174 valence electrons. The Morgan fingerprint density at radius 3 is 1.47 bits per heavy atom. The van der Waals surface area contributed by atoms with Crippen LogP contribution < -0.4 is 10.6 Å². The third-order valence-electron chi connectivity index (χ3n) is 6.46. The number of rotatable bonds is 5. The van der Waals surface area contributed by atoms with E-state index < -0.39 is 11.1 Å². The molecule has 0 bridgehead atoms. The molecule has 0 aliphatic carbocycles. The van der Waals surface area contributed by atoms with E-state index in [1.54, 1.807) is 7.11 Å². The van der Waals surface area contributed by atoms with Crippen molar-refractivity contribution in [1.82, 2.24) is 20.8 Å². The first kappa shape index (κ1) is 25.0. The van der Waals surface area contributed by atoms with Crippen molar-refractivity contribution >= 4 is 11.8 Å². The lowest BCUT2D eigenvalue weighted by Gasteiger charge is -2.53. The monoisotopic (exact) mass is 426 g/mol. The van der Waals surface area contributed by atoms with Crippen molar-refractivity contribution in [3.63, 3.8) is 0 Å². The van der Waals surface area contributed by atoms with E-state index in [1.807, 2.05) is 32.8 Å². The van der Waals surface area contributed by atoms with E-state index >= 15 is 0 Å². The van der Waals surface area contributed by atoms with Crippen LogP contribution in [0.5, 0.6) is 0 Å². The molecule has 2 rings (SSSR count). The fourth-order valence-corrected chi connectivity index (χ4v) is 5.94. The number of hydrogen-bond acceptors (Lipinski definition) is 6. The van der Waals surface area contributed by atoms with Crippen molar-refractivity contribution in [2.24, 2.45) is 0 Å². The van der Waals surface area contributed by atoms with E-state index in [1.165, 1.54) is 5.06 Å². The minimum atomic E-state index is -0.450. The standard InChI is InChI=1S/C22H42N4O4/c1-19(2)11-15(12-20(3,4)25(19)29)23-17(27)10-18(28)24-16-13-21(5,6)26(30-9)22(7,8)14-16/h15-16,29H,10-14H2,1-9H3,(H,23,27)(H,24,28). The fraction of sp³-hybridized carbons (Fsp3) is 0.909. The van der Waals surface area contributed by atoms with Crippen molar-refractivity contribution < 1.29 is 19.6 Å². The molecule has 0 unspecified atom stereocenters. The lowest BCUT2D eigenvalue weighted by atomic mass is 9.79. The summed E-state index contributed by atoms with van der Waals surface area (Å²) in [6.07, 6.45) is 2.55. The molecule has 0 atom stereocenters. The summed E-state index contributed by atoms with van der Waals surface area (Å²) in [7, 11) is 1.68. The molecule has 2 saturated heterocycles. The summed E-state index contributed by atoms with van der Waals surface area (Å²) < 4.78 is 0. The molecule has 8 nitrogen and oxygen atoms in total. The van der Waals surface area contributed by atoms with Crippen LogP contribution in [0.25, 0.3) is 0 Å². The lowest BCUT2D eigenvalue weighted by Crippen LogP contribution is -2.64. The van der Waals surface area contributed by atoms with Gasteiger partial charge in [0, 0.05) is 34.2 Å². The molecule has 2 fully saturated rings. The summed E-state index contributed by atoms with van der Waals surface area (Å²) in [5.41, 5.74) is -1.36. The molecule has 2 aliphatic heterocycles. The maximum atomic E-state index is 12.6. The Morgan fingerprint density at radius 1 is 0.800 bits per heavy atom. The number of carbonyl (C=O) groups excluding carboxylic acids is 2. The first-order chi connectivity index (χ1) is 13.5. The second-order valence-corrected chi connectivity index (χ2v) is 11.6. The smallest absolute Gasteiger partial charge is 0.229 e. The summed E-state index contributed by atoms with van der Waals surface area (Å²) in [6, 6.07) is -0.0984. The molecule has 3 N–H and O–H groups in total. The molecule has 0 aromatic heterocycles. The number of hydroxylamine groups is 4. The Kier molecular flexibility index (Phi) is 6.99. The molecule has 30 heavy (non-hydrogen) atoms. The minimum Gasteiger partial charge on any atom is -0.353 e. The van der Waals surface area contributed by atoms with Crippen LogP contribution in [0.15, 0.2) is 0 Å². The second kappa shape index (κ2) is 8.37. The van der Waals surface area contributed by atoms with Gasteiger partial charge in [-0.2, -0.15) is 10.1 Å². The number of carbonyl (C=O) groups is 2. The van der Waals surface area contributed by atoms with Crippen LogP contribution in [0.1, 0.15) is 87.5 Å². The number of nitrogens with one attached hydrogen (secondary N) is 2. The van der Waals surface area contributed by atoms with Crippen molar-refractivity contribution in [2.75, 3.05) is 7.11 Å². The largest absolute Gasteiger partial charge is 0.353 e. The molecular weight excluding hydrogens is 384 g/mol. The van der Waals surface area contributed by atoms with Crippen LogP contribution >= 0.6 is 0 Å². The topological polar surface area (TPSA) is 94.1 Å². The van der Waals surface area contributed by atoms with Gasteiger partial charge in [0.1, 0.15) is 6.42 Å². The SMILES string of the molecule is CON1C(C)(C)CC(NC(=O)CC(=O)NC2CC(C)(C)N(O)C(C)(C)C2)CC1(C)C. The van der Waals surface area contributed by atoms with E-state index in [0.717, 1.165) is 12.8 Å². The van der Waals surface area contributed by atoms with Gasteiger partial charge in [-0.3, -0.25) is 9.59 Å². The molecule has 0 spiro atoms. The average Bonchev–Trinajstić information content (AvgIpc) is 2.49. The zero-order valence-corrected chi connectivity index (χ0v) is 20.3. The minimum absolute atomic E-state index is 0.0165. The Morgan fingerprint density at radius 2 is 1.13 bits per heavy atom. The summed E-state index contributed by atoms with van der Waals surface area (Å²) in [5, 5.41) is 19.8. The van der Waals surface area contributed by atoms with Gasteiger partial charge in [0.05, 0.1) is 7.11 Å². The van der Waals surface area contributed by atoms with Crippen LogP contribution in [-0.2, 0) is 14.4 Å². The van der Waals surface area contributed by atoms with Crippen molar-refractivity contribution in [3.05, 3.63) is 0 Å². The first-order valence-electron chi connectivity index (χ1n) is 10.9. The molecule has 8 heteroatoms. The Hall–Kier alpha value is -1.22. The van der Waals surface area contributed by atoms with Gasteiger partial charge in [-0.15, -0.1) is 0 Å². The quantitative estimate of drug-likeness (QED) is 0.585. The highest BCUT2D eigenvalue weighted by atomic mass is 16.7. The van der Waals surface area contributed by atoms with Gasteiger partial charge < -0.3 is 20.7 Å². The lowest BCUT2D eigenvalue weighted by molar-refractivity contribution is -0.267. The third-order valence-corrected chi connectivity index (χ3v) is 6.46. The summed E-state index contributed by atoms with van der Waals surface area (Å²) >= 11 is 0. The molecule has 0 radical (unpaired) electrons. The highest BCUT2D eigenvalue weighted by Crippen LogP contribution is 2.38. The van der Waals surface area contributed by atoms with Gasteiger partial charge in [-0.05, 0) is 81.1 Å². The van der Waals surface area contributed by atoms with Crippen molar-refractivity contribution in [1.29, 1.82) is 0 Å². The van der Waals surface area contributed by atoms with Crippen molar-refractivity contribution in [2.45, 2.75) is 122 Å². The Balaban J connectivity index is 1.92. The number of amides is 2. The van der Waals surface area contributed by atoms with Gasteiger partial charge in [-0.25, -0.2) is 0 Å². The highest BCUT2D eigenvalue weighted by molar-refractivity contribution is 5.97. The summed E-state index contributed by atoms with van der Waals surface area (Å²) in [5.74, 6) is -0.531. The van der Waals surface area contributed by atoms with Gasteiger partial charge in [0.2, 0.25) is 11.8 Å². The third kappa shape index (κ3) is 5.52. The van der Waals surface area contributed by atoms with Crippen molar-refractivity contribution in [3.8, 4) is 0 Å². The Bertz CT molecular complexity index is 624. The van der Waals surface area contributed by atoms with Crippen LogP contribution in [0.2, 0.25) is 0 Å². The van der Waals surface area contributed by atoms with E-state index in [0.29, 0.717) is 12.8 Å².